The molecular formula is C54H79BrNO6S2+. The maximum Gasteiger partial charge on any atom is 0.182 e. The number of halogens is 1. The topological polar surface area (TPSA) is 55.4 Å². The van der Waals surface area contributed by atoms with Crippen LogP contribution < -0.4 is 9.47 Å². The molecule has 1 aliphatic rings. The van der Waals surface area contributed by atoms with Crippen molar-refractivity contribution in [2.45, 2.75) is 117 Å². The molecule has 0 radical (unpaired) electrons. The Morgan fingerprint density at radius 1 is 0.516 bits per heavy atom. The Labute approximate surface area is 403 Å². The van der Waals surface area contributed by atoms with E-state index in [1.807, 2.05) is 29.6 Å². The molecule has 2 heterocycles. The summed E-state index contributed by atoms with van der Waals surface area (Å²) in [5.41, 5.74) is 8.48. The molecule has 354 valence electrons. The number of quaternary nitrogens is 1. The summed E-state index contributed by atoms with van der Waals surface area (Å²) in [7, 11) is 4.49. The molecule has 10 heteroatoms. The lowest BCUT2D eigenvalue weighted by atomic mass is 9.96. The fourth-order valence-electron chi connectivity index (χ4n) is 8.33. The molecule has 0 saturated carbocycles. The van der Waals surface area contributed by atoms with Crippen LogP contribution in [-0.4, -0.2) is 96.6 Å². The third kappa shape index (κ3) is 18.6. The highest BCUT2D eigenvalue weighted by atomic mass is 79.9. The van der Waals surface area contributed by atoms with E-state index in [0.717, 1.165) is 73.4 Å². The third-order valence-electron chi connectivity index (χ3n) is 12.0. The van der Waals surface area contributed by atoms with Crippen LogP contribution >= 0.6 is 38.6 Å². The second-order valence-electron chi connectivity index (χ2n) is 17.8. The van der Waals surface area contributed by atoms with Gasteiger partial charge in [0.1, 0.15) is 11.5 Å². The predicted molar refractivity (Wildman–Crippen MR) is 276 cm³/mol. The van der Waals surface area contributed by atoms with E-state index in [9.17, 15) is 0 Å². The summed E-state index contributed by atoms with van der Waals surface area (Å²) in [5.74, 6) is 1.93. The number of aryl methyl sites for hydroxylation is 2. The molecule has 0 N–H and O–H groups in total. The molecule has 0 fully saturated rings. The van der Waals surface area contributed by atoms with E-state index in [1.165, 1.54) is 124 Å². The van der Waals surface area contributed by atoms with Gasteiger partial charge in [0.15, 0.2) is 6.73 Å². The number of rotatable bonds is 35. The summed E-state index contributed by atoms with van der Waals surface area (Å²) in [4.78, 5) is 5.49. The van der Waals surface area contributed by atoms with Gasteiger partial charge < -0.3 is 32.9 Å². The molecule has 5 rings (SSSR count). The third-order valence-corrected chi connectivity index (χ3v) is 14.7. The highest BCUT2D eigenvalue weighted by Crippen LogP contribution is 2.47. The standard InChI is InChI=1S/C54H79BrNO6S2/c1-6-57-34-35-58-36-37-59-38-39-60-42-56(4,5)31-16-12-8-10-14-18-33-62-48-28-24-46(25-29-48)54-41-52(44(3)64-54)50-21-19-20-49(50)51-40-53(63-43(51)2)45-22-26-47(27-23-45)61-32-17-13-9-7-11-15-30-55/h22-29,40-41H,6-21,30-39,42H2,1-5H3/q+1. The van der Waals surface area contributed by atoms with Gasteiger partial charge in [0.25, 0.3) is 0 Å². The van der Waals surface area contributed by atoms with Crippen molar-refractivity contribution in [3.05, 3.63) is 81.5 Å². The van der Waals surface area contributed by atoms with Crippen LogP contribution in [-0.2, 0) is 18.9 Å². The number of hydrogen-bond acceptors (Lipinski definition) is 8. The average Bonchev–Trinajstić information content (AvgIpc) is 4.04. The number of allylic oxidation sites excluding steroid dienone is 2. The molecule has 0 bridgehead atoms. The number of benzene rings is 2. The van der Waals surface area contributed by atoms with Gasteiger partial charge in [-0.25, -0.2) is 0 Å². The Morgan fingerprint density at radius 2 is 0.938 bits per heavy atom. The number of nitrogens with zero attached hydrogens (tertiary/aromatic N) is 1. The zero-order valence-electron chi connectivity index (χ0n) is 40.0. The van der Waals surface area contributed by atoms with Crippen LogP contribution in [0.2, 0.25) is 0 Å². The molecule has 2 aromatic heterocycles. The van der Waals surface area contributed by atoms with Gasteiger partial charge in [-0.1, -0.05) is 60.9 Å². The predicted octanol–water partition coefficient (Wildman–Crippen LogP) is 14.8. The van der Waals surface area contributed by atoms with Crippen molar-refractivity contribution in [1.82, 2.24) is 0 Å². The first-order valence-corrected chi connectivity index (χ1v) is 27.1. The summed E-state index contributed by atoms with van der Waals surface area (Å²) in [5, 5.41) is 1.12. The van der Waals surface area contributed by atoms with Crippen molar-refractivity contribution in [2.75, 3.05) is 92.2 Å². The number of unbranched alkanes of at least 4 members (excludes halogenated alkanes) is 10. The minimum atomic E-state index is 0.592. The fourth-order valence-corrected chi connectivity index (χ4v) is 10.8. The van der Waals surface area contributed by atoms with Gasteiger partial charge in [-0.05, 0) is 166 Å². The molecular weight excluding hydrogens is 903 g/mol. The lowest BCUT2D eigenvalue weighted by Crippen LogP contribution is -2.42. The Kier molecular flexibility index (Phi) is 24.5. The van der Waals surface area contributed by atoms with E-state index in [0.29, 0.717) is 46.4 Å². The van der Waals surface area contributed by atoms with Crippen LogP contribution in [0.5, 0.6) is 11.5 Å². The van der Waals surface area contributed by atoms with E-state index >= 15 is 0 Å². The number of thiophene rings is 2. The molecule has 7 nitrogen and oxygen atoms in total. The van der Waals surface area contributed by atoms with Crippen LogP contribution in [0, 0.1) is 13.8 Å². The van der Waals surface area contributed by atoms with Crippen LogP contribution in [0.25, 0.3) is 32.0 Å². The SMILES string of the molecule is CCOCCOCCOCCOC[N+](C)(C)CCCCCCCCOc1ccc(-c2cc(C3=C(c4cc(-c5ccc(OCCCCCCCCBr)cc5)sc4C)CCC3)c(C)s2)cc1. The van der Waals surface area contributed by atoms with Gasteiger partial charge in [0, 0.05) is 31.4 Å². The summed E-state index contributed by atoms with van der Waals surface area (Å²) in [6.07, 6.45) is 18.4. The second kappa shape index (κ2) is 30.0. The van der Waals surface area contributed by atoms with Crippen LogP contribution in [0.3, 0.4) is 0 Å². The van der Waals surface area contributed by atoms with Crippen LogP contribution in [0.15, 0.2) is 60.7 Å². The molecule has 4 aromatic rings. The number of ether oxygens (including phenoxy) is 6. The van der Waals surface area contributed by atoms with Crippen LogP contribution in [0.4, 0.5) is 0 Å². The lowest BCUT2D eigenvalue weighted by molar-refractivity contribution is -0.909. The van der Waals surface area contributed by atoms with Crippen molar-refractivity contribution in [2.24, 2.45) is 0 Å². The maximum atomic E-state index is 6.18. The Morgan fingerprint density at radius 3 is 1.41 bits per heavy atom. The smallest absolute Gasteiger partial charge is 0.182 e. The van der Waals surface area contributed by atoms with Gasteiger partial charge in [-0.15, -0.1) is 22.7 Å². The van der Waals surface area contributed by atoms with Gasteiger partial charge in [-0.3, -0.25) is 0 Å². The molecule has 0 unspecified atom stereocenters. The van der Waals surface area contributed by atoms with Gasteiger partial charge in [0.2, 0.25) is 0 Å². The van der Waals surface area contributed by atoms with Crippen molar-refractivity contribution in [3.8, 4) is 32.4 Å². The molecule has 0 saturated heterocycles. The zero-order chi connectivity index (χ0) is 45.2. The quantitative estimate of drug-likeness (QED) is 0.0198. The van der Waals surface area contributed by atoms with E-state index in [4.69, 9.17) is 28.4 Å². The zero-order valence-corrected chi connectivity index (χ0v) is 43.2. The molecule has 0 atom stereocenters. The normalized spacial score (nSPS) is 13.1. The Balaban J connectivity index is 0.979. The molecule has 0 amide bonds. The first-order chi connectivity index (χ1) is 31.3. The number of alkyl halides is 1. The van der Waals surface area contributed by atoms with Crippen molar-refractivity contribution < 1.29 is 32.9 Å². The summed E-state index contributed by atoms with van der Waals surface area (Å²) < 4.78 is 35.4. The van der Waals surface area contributed by atoms with E-state index in [1.54, 1.807) is 0 Å². The molecule has 2 aromatic carbocycles. The van der Waals surface area contributed by atoms with E-state index < -0.39 is 0 Å². The van der Waals surface area contributed by atoms with Gasteiger partial charge in [0.05, 0.1) is 73.5 Å². The molecule has 0 aliphatic heterocycles. The largest absolute Gasteiger partial charge is 0.494 e. The first kappa shape index (κ1) is 52.4. The van der Waals surface area contributed by atoms with E-state index in [-0.39, 0.29) is 0 Å². The van der Waals surface area contributed by atoms with Gasteiger partial charge in [-0.2, -0.15) is 0 Å². The number of hydrogen-bond donors (Lipinski definition) is 0. The Hall–Kier alpha value is -2.54. The molecule has 64 heavy (non-hydrogen) atoms. The summed E-state index contributed by atoms with van der Waals surface area (Å²) in [6.45, 7) is 14.4. The fraction of sp³-hybridized carbons (Fsp3) is 0.593. The van der Waals surface area contributed by atoms with Crippen molar-refractivity contribution in [3.63, 3.8) is 0 Å². The highest BCUT2D eigenvalue weighted by Gasteiger charge is 2.24. The maximum absolute atomic E-state index is 6.18. The van der Waals surface area contributed by atoms with Crippen LogP contribution in [0.1, 0.15) is 124 Å². The summed E-state index contributed by atoms with van der Waals surface area (Å²) >= 11 is 7.36. The Bertz CT molecular complexity index is 1900. The minimum absolute atomic E-state index is 0.592. The summed E-state index contributed by atoms with van der Waals surface area (Å²) in [6, 6.07) is 22.4. The van der Waals surface area contributed by atoms with Gasteiger partial charge >= 0.3 is 0 Å². The van der Waals surface area contributed by atoms with E-state index in [2.05, 4.69) is 105 Å². The first-order valence-electron chi connectivity index (χ1n) is 24.4. The minimum Gasteiger partial charge on any atom is -0.494 e. The van der Waals surface area contributed by atoms with Crippen molar-refractivity contribution in [1.29, 1.82) is 0 Å². The molecule has 0 spiro atoms. The average molecular weight is 982 g/mol. The second-order valence-corrected chi connectivity index (χ2v) is 21.1. The molecule has 1 aliphatic carbocycles. The van der Waals surface area contributed by atoms with Crippen molar-refractivity contribution >= 4 is 49.7 Å². The lowest BCUT2D eigenvalue weighted by Gasteiger charge is -2.29. The monoisotopic (exact) mass is 980 g/mol. The highest BCUT2D eigenvalue weighted by molar-refractivity contribution is 9.09.